The van der Waals surface area contributed by atoms with Crippen molar-refractivity contribution < 1.29 is 9.90 Å². The smallest absolute Gasteiger partial charge is 0.317 e. The van der Waals surface area contributed by atoms with E-state index in [0.29, 0.717) is 19.6 Å². The van der Waals surface area contributed by atoms with Gasteiger partial charge in [-0.1, -0.05) is 0 Å². The minimum atomic E-state index is -0.472. The van der Waals surface area contributed by atoms with Gasteiger partial charge in [0.1, 0.15) is 0 Å². The molecule has 8 heteroatoms. The highest BCUT2D eigenvalue weighted by molar-refractivity contribution is 5.74. The van der Waals surface area contributed by atoms with Gasteiger partial charge in [0.2, 0.25) is 0 Å². The fourth-order valence-corrected chi connectivity index (χ4v) is 3.51. The summed E-state index contributed by atoms with van der Waals surface area (Å²) in [5, 5.41) is 13.3. The topological polar surface area (TPSA) is 76.9 Å². The van der Waals surface area contributed by atoms with Crippen LogP contribution in [0.3, 0.4) is 0 Å². The molecule has 2 atom stereocenters. The average molecular weight is 336 g/mol. The van der Waals surface area contributed by atoms with Crippen LogP contribution in [0.5, 0.6) is 0 Å². The number of aliphatic hydroxyl groups is 1. The summed E-state index contributed by atoms with van der Waals surface area (Å²) in [6, 6.07) is -0.0693. The van der Waals surface area contributed by atoms with Gasteiger partial charge in [-0.3, -0.25) is 4.90 Å². The first-order valence-electron chi connectivity index (χ1n) is 8.71. The average Bonchev–Trinajstić information content (AvgIpc) is 3.19. The Labute approximate surface area is 143 Å². The van der Waals surface area contributed by atoms with E-state index in [2.05, 4.69) is 27.1 Å². The van der Waals surface area contributed by atoms with Gasteiger partial charge in [-0.2, -0.15) is 0 Å². The first-order chi connectivity index (χ1) is 11.6. The lowest BCUT2D eigenvalue weighted by molar-refractivity contribution is 0.0512. The number of aryl methyl sites for hydroxylation is 1. The van der Waals surface area contributed by atoms with Crippen LogP contribution < -0.4 is 5.32 Å². The van der Waals surface area contributed by atoms with Crippen LogP contribution in [-0.4, -0.2) is 93.9 Å². The molecule has 8 nitrogen and oxygen atoms in total. The van der Waals surface area contributed by atoms with Crippen molar-refractivity contribution in [2.24, 2.45) is 0 Å². The van der Waals surface area contributed by atoms with Gasteiger partial charge >= 0.3 is 6.03 Å². The first kappa shape index (κ1) is 17.2. The van der Waals surface area contributed by atoms with Crippen molar-refractivity contribution in [2.75, 3.05) is 46.3 Å². The molecule has 0 aromatic carbocycles. The molecule has 1 aromatic rings. The Morgan fingerprint density at radius 1 is 1.33 bits per heavy atom. The monoisotopic (exact) mass is 336 g/mol. The summed E-state index contributed by atoms with van der Waals surface area (Å²) in [7, 11) is 2.11. The van der Waals surface area contributed by atoms with E-state index in [-0.39, 0.29) is 12.1 Å². The van der Waals surface area contributed by atoms with Crippen LogP contribution in [0.1, 0.15) is 12.6 Å². The largest absolute Gasteiger partial charge is 0.390 e. The zero-order valence-electron chi connectivity index (χ0n) is 14.6. The van der Waals surface area contributed by atoms with Crippen LogP contribution in [0.2, 0.25) is 0 Å². The number of likely N-dealkylation sites (N-methyl/N-ethyl adjacent to an activating group) is 1. The second kappa shape index (κ2) is 7.50. The summed E-state index contributed by atoms with van der Waals surface area (Å²) >= 11 is 0. The number of imidazole rings is 1. The lowest BCUT2D eigenvalue weighted by Gasteiger charge is -2.37. The third-order valence-electron chi connectivity index (χ3n) is 5.11. The van der Waals surface area contributed by atoms with Crippen LogP contribution in [-0.2, 0) is 13.1 Å². The van der Waals surface area contributed by atoms with Gasteiger partial charge in [0, 0.05) is 52.0 Å². The van der Waals surface area contributed by atoms with E-state index >= 15 is 0 Å². The van der Waals surface area contributed by atoms with Gasteiger partial charge in [-0.25, -0.2) is 9.78 Å². The SMILES string of the molecule is CCn1cncc1CNC(=O)N1C[C@H](O)[C@@H](N2CCN(C)CC2)C1. The molecular formula is C16H28N6O2. The number of carbonyl (C=O) groups excluding carboxylic acids is 1. The maximum atomic E-state index is 12.4. The Balaban J connectivity index is 1.51. The number of aromatic nitrogens is 2. The molecule has 0 radical (unpaired) electrons. The molecule has 3 rings (SSSR count). The normalized spacial score (nSPS) is 26.0. The van der Waals surface area contributed by atoms with Gasteiger partial charge in [0.25, 0.3) is 0 Å². The Hall–Kier alpha value is -1.64. The van der Waals surface area contributed by atoms with Crippen LogP contribution in [0.4, 0.5) is 4.79 Å². The van der Waals surface area contributed by atoms with E-state index < -0.39 is 6.10 Å². The molecule has 2 amide bonds. The van der Waals surface area contributed by atoms with E-state index in [1.807, 2.05) is 11.5 Å². The number of likely N-dealkylation sites (tertiary alicyclic amines) is 1. The fraction of sp³-hybridized carbons (Fsp3) is 0.750. The maximum Gasteiger partial charge on any atom is 0.317 e. The zero-order valence-corrected chi connectivity index (χ0v) is 14.6. The van der Waals surface area contributed by atoms with Gasteiger partial charge in [-0.05, 0) is 14.0 Å². The number of β-amino-alcohol motifs (C(OH)–C–C–N with tert-alkyl or cyclic N) is 1. The Bertz CT molecular complexity index is 555. The number of urea groups is 1. The van der Waals surface area contributed by atoms with E-state index in [9.17, 15) is 9.90 Å². The molecule has 0 unspecified atom stereocenters. The van der Waals surface area contributed by atoms with Crippen LogP contribution in [0.15, 0.2) is 12.5 Å². The third-order valence-corrected chi connectivity index (χ3v) is 5.11. The van der Waals surface area contributed by atoms with Crippen molar-refractivity contribution in [2.45, 2.75) is 32.2 Å². The lowest BCUT2D eigenvalue weighted by atomic mass is 10.1. The van der Waals surface area contributed by atoms with Crippen LogP contribution in [0, 0.1) is 0 Å². The number of amides is 2. The molecule has 2 saturated heterocycles. The van der Waals surface area contributed by atoms with E-state index in [1.54, 1.807) is 17.4 Å². The van der Waals surface area contributed by atoms with Gasteiger partial charge in [-0.15, -0.1) is 0 Å². The van der Waals surface area contributed by atoms with Crippen molar-refractivity contribution in [1.29, 1.82) is 0 Å². The molecular weight excluding hydrogens is 308 g/mol. The summed E-state index contributed by atoms with van der Waals surface area (Å²) in [6.07, 6.45) is 3.07. The van der Waals surface area contributed by atoms with Crippen molar-refractivity contribution in [3.8, 4) is 0 Å². The number of rotatable bonds is 4. The second-order valence-electron chi connectivity index (χ2n) is 6.71. The van der Waals surface area contributed by atoms with Gasteiger partial charge in [0.15, 0.2) is 0 Å². The van der Waals surface area contributed by atoms with Crippen molar-refractivity contribution in [3.05, 3.63) is 18.2 Å². The van der Waals surface area contributed by atoms with E-state index in [0.717, 1.165) is 38.4 Å². The maximum absolute atomic E-state index is 12.4. The summed E-state index contributed by atoms with van der Waals surface area (Å²) < 4.78 is 2.01. The summed E-state index contributed by atoms with van der Waals surface area (Å²) in [4.78, 5) is 22.8. The molecule has 0 spiro atoms. The molecule has 0 saturated carbocycles. The number of nitrogens with zero attached hydrogens (tertiary/aromatic N) is 5. The number of carbonyl (C=O) groups is 1. The van der Waals surface area contributed by atoms with Crippen LogP contribution in [0.25, 0.3) is 0 Å². The highest BCUT2D eigenvalue weighted by atomic mass is 16.3. The van der Waals surface area contributed by atoms with Gasteiger partial charge in [0.05, 0.1) is 30.7 Å². The molecule has 0 aliphatic carbocycles. The van der Waals surface area contributed by atoms with E-state index in [1.165, 1.54) is 0 Å². The molecule has 24 heavy (non-hydrogen) atoms. The first-order valence-corrected chi connectivity index (χ1v) is 8.71. The predicted molar refractivity (Wildman–Crippen MR) is 90.6 cm³/mol. The molecule has 2 N–H and O–H groups in total. The quantitative estimate of drug-likeness (QED) is 0.768. The Morgan fingerprint density at radius 3 is 2.79 bits per heavy atom. The highest BCUT2D eigenvalue weighted by Gasteiger charge is 2.38. The molecule has 0 bridgehead atoms. The molecule has 134 valence electrons. The van der Waals surface area contributed by atoms with Crippen molar-refractivity contribution >= 4 is 6.03 Å². The Morgan fingerprint density at radius 2 is 2.08 bits per heavy atom. The molecule has 2 aliphatic rings. The zero-order chi connectivity index (χ0) is 17.1. The number of piperazine rings is 1. The minimum absolute atomic E-state index is 0.0469. The van der Waals surface area contributed by atoms with Crippen LogP contribution >= 0.6 is 0 Å². The van der Waals surface area contributed by atoms with Crippen molar-refractivity contribution in [3.63, 3.8) is 0 Å². The lowest BCUT2D eigenvalue weighted by Crippen LogP contribution is -2.52. The third kappa shape index (κ3) is 3.71. The minimum Gasteiger partial charge on any atom is -0.390 e. The molecule has 1 aromatic heterocycles. The summed E-state index contributed by atoms with van der Waals surface area (Å²) in [5.74, 6) is 0. The number of aliphatic hydroxyl groups excluding tert-OH is 1. The summed E-state index contributed by atoms with van der Waals surface area (Å²) in [5.41, 5.74) is 0.987. The van der Waals surface area contributed by atoms with E-state index in [4.69, 9.17) is 0 Å². The number of hydrogen-bond acceptors (Lipinski definition) is 5. The Kier molecular flexibility index (Phi) is 5.37. The second-order valence-corrected chi connectivity index (χ2v) is 6.71. The highest BCUT2D eigenvalue weighted by Crippen LogP contribution is 2.18. The standard InChI is InChI=1S/C16H28N6O2/c1-3-20-12-17-8-13(20)9-18-16(24)22-10-14(15(23)11-22)21-6-4-19(2)5-7-21/h8,12,14-15,23H,3-7,9-11H2,1-2H3,(H,18,24)/t14-,15-/m0/s1. The van der Waals surface area contributed by atoms with Crippen molar-refractivity contribution in [1.82, 2.24) is 29.6 Å². The molecule has 2 fully saturated rings. The fourth-order valence-electron chi connectivity index (χ4n) is 3.51. The number of hydrogen-bond donors (Lipinski definition) is 2. The molecule has 2 aliphatic heterocycles. The van der Waals surface area contributed by atoms with Gasteiger partial charge < -0.3 is 24.8 Å². The number of nitrogens with one attached hydrogen (secondary N) is 1. The predicted octanol–water partition coefficient (Wildman–Crippen LogP) is -0.595. The molecule has 3 heterocycles. The summed E-state index contributed by atoms with van der Waals surface area (Å²) in [6.45, 7) is 8.24.